The number of likely N-dealkylation sites (tertiary alicyclic amines) is 1. The number of nitrogens with one attached hydrogen (secondary N) is 1. The fourth-order valence-corrected chi connectivity index (χ4v) is 2.96. The second kappa shape index (κ2) is 8.06. The molecule has 2 rings (SSSR count). The van der Waals surface area contributed by atoms with E-state index in [0.29, 0.717) is 25.2 Å². The summed E-state index contributed by atoms with van der Waals surface area (Å²) in [6, 6.07) is 4.32. The number of nitrogens with zero attached hydrogens (tertiary/aromatic N) is 1. The number of aryl methyl sites for hydroxylation is 1. The molecule has 1 fully saturated rings. The summed E-state index contributed by atoms with van der Waals surface area (Å²) in [7, 11) is 0. The van der Waals surface area contributed by atoms with Gasteiger partial charge in [0.15, 0.2) is 0 Å². The molecule has 23 heavy (non-hydrogen) atoms. The van der Waals surface area contributed by atoms with Crippen molar-refractivity contribution in [2.75, 3.05) is 19.6 Å². The topological polar surface area (TPSA) is 75.4 Å². The minimum atomic E-state index is -0.404. The van der Waals surface area contributed by atoms with Crippen LogP contribution in [-0.2, 0) is 4.79 Å². The van der Waals surface area contributed by atoms with Crippen LogP contribution in [0.4, 0.5) is 4.39 Å². The first kappa shape index (κ1) is 17.4. The van der Waals surface area contributed by atoms with Gasteiger partial charge in [-0.25, -0.2) is 4.39 Å². The molecule has 0 aromatic heterocycles. The van der Waals surface area contributed by atoms with Crippen LogP contribution in [0.5, 0.6) is 0 Å². The first-order valence-corrected chi connectivity index (χ1v) is 8.06. The Hall–Kier alpha value is -1.95. The lowest BCUT2D eigenvalue weighted by Crippen LogP contribution is -2.49. The maximum atomic E-state index is 13.6. The molecule has 1 heterocycles. The number of benzene rings is 1. The first-order chi connectivity index (χ1) is 11.0. The van der Waals surface area contributed by atoms with Gasteiger partial charge in [0.05, 0.1) is 0 Å². The maximum Gasteiger partial charge on any atom is 0.254 e. The average molecular weight is 321 g/mol. The van der Waals surface area contributed by atoms with Crippen molar-refractivity contribution in [1.29, 1.82) is 0 Å². The van der Waals surface area contributed by atoms with E-state index in [1.165, 1.54) is 12.1 Å². The minimum absolute atomic E-state index is 0.0541. The number of halogens is 1. The zero-order valence-corrected chi connectivity index (χ0v) is 13.5. The molecular formula is C17H24FN3O2. The van der Waals surface area contributed by atoms with Crippen molar-refractivity contribution in [1.82, 2.24) is 10.2 Å². The van der Waals surface area contributed by atoms with Crippen molar-refractivity contribution in [3.05, 3.63) is 35.1 Å². The van der Waals surface area contributed by atoms with E-state index in [0.717, 1.165) is 24.8 Å². The van der Waals surface area contributed by atoms with Crippen molar-refractivity contribution in [2.45, 2.75) is 38.6 Å². The Morgan fingerprint density at radius 1 is 1.35 bits per heavy atom. The molecule has 1 aromatic rings. The smallest absolute Gasteiger partial charge is 0.254 e. The fraction of sp³-hybridized carbons (Fsp3) is 0.529. The molecule has 1 aliphatic rings. The molecule has 1 aliphatic heterocycles. The van der Waals surface area contributed by atoms with Crippen molar-refractivity contribution in [3.8, 4) is 0 Å². The van der Waals surface area contributed by atoms with Gasteiger partial charge in [-0.05, 0) is 49.9 Å². The largest absolute Gasteiger partial charge is 0.354 e. The van der Waals surface area contributed by atoms with Gasteiger partial charge in [-0.2, -0.15) is 0 Å². The van der Waals surface area contributed by atoms with Crippen LogP contribution in [0.25, 0.3) is 0 Å². The highest BCUT2D eigenvalue weighted by Gasteiger charge is 2.28. The lowest BCUT2D eigenvalue weighted by atomic mass is 10.00. The van der Waals surface area contributed by atoms with E-state index < -0.39 is 5.82 Å². The Balaban J connectivity index is 2.07. The van der Waals surface area contributed by atoms with Crippen molar-refractivity contribution in [2.24, 2.45) is 5.73 Å². The highest BCUT2D eigenvalue weighted by molar-refractivity contribution is 5.94. The van der Waals surface area contributed by atoms with Gasteiger partial charge < -0.3 is 16.0 Å². The molecule has 3 N–H and O–H groups in total. The van der Waals surface area contributed by atoms with Gasteiger partial charge in [0.25, 0.3) is 5.91 Å². The Kier molecular flexibility index (Phi) is 6.10. The number of amides is 2. The van der Waals surface area contributed by atoms with E-state index in [9.17, 15) is 14.0 Å². The van der Waals surface area contributed by atoms with Crippen LogP contribution >= 0.6 is 0 Å². The van der Waals surface area contributed by atoms with Gasteiger partial charge in [-0.3, -0.25) is 9.59 Å². The van der Waals surface area contributed by atoms with E-state index in [4.69, 9.17) is 5.73 Å². The van der Waals surface area contributed by atoms with Gasteiger partial charge in [0.1, 0.15) is 5.82 Å². The third kappa shape index (κ3) is 4.76. The molecule has 1 unspecified atom stereocenters. The van der Waals surface area contributed by atoms with Crippen LogP contribution in [0.15, 0.2) is 18.2 Å². The van der Waals surface area contributed by atoms with Gasteiger partial charge in [0.2, 0.25) is 5.91 Å². The molecule has 1 atom stereocenters. The number of hydrogen-bond donors (Lipinski definition) is 2. The van der Waals surface area contributed by atoms with Gasteiger partial charge in [-0.1, -0.05) is 0 Å². The summed E-state index contributed by atoms with van der Waals surface area (Å²) >= 11 is 0. The van der Waals surface area contributed by atoms with Gasteiger partial charge in [-0.15, -0.1) is 0 Å². The van der Waals surface area contributed by atoms with Gasteiger partial charge in [0, 0.05) is 37.7 Å². The SMILES string of the molecule is Cc1cc(F)cc(C(=O)N2CCCCC2CNC(=O)CCN)c1. The van der Waals surface area contributed by atoms with Crippen molar-refractivity contribution >= 4 is 11.8 Å². The molecule has 0 radical (unpaired) electrons. The van der Waals surface area contributed by atoms with E-state index in [1.54, 1.807) is 17.9 Å². The van der Waals surface area contributed by atoms with Crippen molar-refractivity contribution < 1.29 is 14.0 Å². The highest BCUT2D eigenvalue weighted by atomic mass is 19.1. The van der Waals surface area contributed by atoms with Gasteiger partial charge >= 0.3 is 0 Å². The summed E-state index contributed by atoms with van der Waals surface area (Å²) < 4.78 is 13.6. The highest BCUT2D eigenvalue weighted by Crippen LogP contribution is 2.20. The molecule has 5 nitrogen and oxygen atoms in total. The summed E-state index contributed by atoms with van der Waals surface area (Å²) in [5.74, 6) is -0.685. The Morgan fingerprint density at radius 3 is 2.83 bits per heavy atom. The first-order valence-electron chi connectivity index (χ1n) is 8.06. The van der Waals surface area contributed by atoms with Crippen LogP contribution in [0.2, 0.25) is 0 Å². The quantitative estimate of drug-likeness (QED) is 0.865. The van der Waals surface area contributed by atoms with E-state index in [-0.39, 0.29) is 24.3 Å². The summed E-state index contributed by atoms with van der Waals surface area (Å²) in [5.41, 5.74) is 6.44. The van der Waals surface area contributed by atoms with E-state index >= 15 is 0 Å². The molecule has 0 aliphatic carbocycles. The molecular weight excluding hydrogens is 297 g/mol. The minimum Gasteiger partial charge on any atom is -0.354 e. The lowest BCUT2D eigenvalue weighted by molar-refractivity contribution is -0.121. The average Bonchev–Trinajstić information content (AvgIpc) is 2.52. The molecule has 2 amide bonds. The van der Waals surface area contributed by atoms with E-state index in [1.807, 2.05) is 0 Å². The monoisotopic (exact) mass is 321 g/mol. The Morgan fingerprint density at radius 2 is 2.13 bits per heavy atom. The Labute approximate surface area is 136 Å². The number of nitrogens with two attached hydrogens (primary N) is 1. The summed E-state index contributed by atoms with van der Waals surface area (Å²) in [5, 5.41) is 2.83. The zero-order valence-electron chi connectivity index (χ0n) is 13.5. The van der Waals surface area contributed by atoms with Crippen molar-refractivity contribution in [3.63, 3.8) is 0 Å². The standard InChI is InChI=1S/C17H24FN3O2/c1-12-8-13(10-14(18)9-12)17(23)21-7-3-2-4-15(21)11-20-16(22)5-6-19/h8-10,15H,2-7,11,19H2,1H3,(H,20,22). The summed E-state index contributed by atoms with van der Waals surface area (Å²) in [4.78, 5) is 26.0. The predicted octanol–water partition coefficient (Wildman–Crippen LogP) is 1.59. The number of rotatable bonds is 5. The molecule has 126 valence electrons. The second-order valence-corrected chi connectivity index (χ2v) is 6.01. The predicted molar refractivity (Wildman–Crippen MR) is 86.5 cm³/mol. The van der Waals surface area contributed by atoms with Crippen LogP contribution in [0, 0.1) is 12.7 Å². The number of carbonyl (C=O) groups excluding carboxylic acids is 2. The second-order valence-electron chi connectivity index (χ2n) is 6.01. The molecule has 0 spiro atoms. The lowest BCUT2D eigenvalue weighted by Gasteiger charge is -2.36. The van der Waals surface area contributed by atoms with Crippen LogP contribution in [-0.4, -0.2) is 42.4 Å². The molecule has 0 bridgehead atoms. The third-order valence-electron chi connectivity index (χ3n) is 4.08. The molecule has 1 aromatic carbocycles. The van der Waals surface area contributed by atoms with Crippen LogP contribution < -0.4 is 11.1 Å². The molecule has 6 heteroatoms. The third-order valence-corrected chi connectivity index (χ3v) is 4.08. The van der Waals surface area contributed by atoms with E-state index in [2.05, 4.69) is 5.32 Å². The summed E-state index contributed by atoms with van der Waals surface area (Å²) in [6.07, 6.45) is 3.06. The fourth-order valence-electron chi connectivity index (χ4n) is 2.96. The number of carbonyl (C=O) groups is 2. The summed E-state index contributed by atoms with van der Waals surface area (Å²) in [6.45, 7) is 3.12. The maximum absolute atomic E-state index is 13.6. The van der Waals surface area contributed by atoms with Crippen LogP contribution in [0.3, 0.4) is 0 Å². The number of hydrogen-bond acceptors (Lipinski definition) is 3. The molecule has 1 saturated heterocycles. The number of piperidine rings is 1. The van der Waals surface area contributed by atoms with Crippen LogP contribution in [0.1, 0.15) is 41.6 Å². The normalized spacial score (nSPS) is 17.9. The molecule has 0 saturated carbocycles. The zero-order chi connectivity index (χ0) is 16.8. The Bertz CT molecular complexity index is 557.